The van der Waals surface area contributed by atoms with E-state index in [1.165, 1.54) is 0 Å². The van der Waals surface area contributed by atoms with E-state index in [1.807, 2.05) is 13.0 Å². The molecule has 1 amide bonds. The van der Waals surface area contributed by atoms with Crippen molar-refractivity contribution in [3.05, 3.63) is 23.8 Å². The molecule has 102 valence electrons. The van der Waals surface area contributed by atoms with Crippen molar-refractivity contribution < 1.29 is 14.3 Å². The molecule has 1 saturated heterocycles. The molecule has 0 spiro atoms. The fourth-order valence-corrected chi connectivity index (χ4v) is 2.28. The minimum atomic E-state index is -0.381. The second-order valence-electron chi connectivity index (χ2n) is 4.70. The van der Waals surface area contributed by atoms with E-state index in [2.05, 4.69) is 0 Å². The molecule has 0 bridgehead atoms. The Morgan fingerprint density at radius 3 is 2.95 bits per heavy atom. The summed E-state index contributed by atoms with van der Waals surface area (Å²) in [5.41, 5.74) is 8.10. The molecule has 2 rings (SSSR count). The lowest BCUT2D eigenvalue weighted by Crippen LogP contribution is -2.27. The summed E-state index contributed by atoms with van der Waals surface area (Å²) in [7, 11) is 0. The molecule has 2 N–H and O–H groups in total. The van der Waals surface area contributed by atoms with Crippen LogP contribution in [0.5, 0.6) is 0 Å². The first-order valence-corrected chi connectivity index (χ1v) is 6.36. The SMILES string of the molecule is CCOC(=O)[C@H]1CC(=O)N(c2cc(N)ccc2C)C1. The van der Waals surface area contributed by atoms with Crippen LogP contribution in [0, 0.1) is 12.8 Å². The van der Waals surface area contributed by atoms with Crippen LogP contribution >= 0.6 is 0 Å². The third-order valence-electron chi connectivity index (χ3n) is 3.27. The van der Waals surface area contributed by atoms with E-state index in [-0.39, 0.29) is 24.2 Å². The Labute approximate surface area is 112 Å². The summed E-state index contributed by atoms with van der Waals surface area (Å²) in [6.45, 7) is 4.37. The van der Waals surface area contributed by atoms with Gasteiger partial charge in [-0.05, 0) is 31.5 Å². The van der Waals surface area contributed by atoms with Crippen LogP contribution in [-0.2, 0) is 14.3 Å². The third kappa shape index (κ3) is 2.70. The quantitative estimate of drug-likeness (QED) is 0.661. The summed E-state index contributed by atoms with van der Waals surface area (Å²) >= 11 is 0. The lowest BCUT2D eigenvalue weighted by Gasteiger charge is -2.19. The monoisotopic (exact) mass is 262 g/mol. The maximum absolute atomic E-state index is 12.0. The van der Waals surface area contributed by atoms with Crippen molar-refractivity contribution in [2.75, 3.05) is 23.8 Å². The largest absolute Gasteiger partial charge is 0.466 e. The zero-order chi connectivity index (χ0) is 14.0. The van der Waals surface area contributed by atoms with Gasteiger partial charge < -0.3 is 15.4 Å². The highest BCUT2D eigenvalue weighted by molar-refractivity contribution is 6.00. The topological polar surface area (TPSA) is 72.6 Å². The van der Waals surface area contributed by atoms with Crippen molar-refractivity contribution in [2.24, 2.45) is 5.92 Å². The number of nitrogens with zero attached hydrogens (tertiary/aromatic N) is 1. The Hall–Kier alpha value is -2.04. The number of ether oxygens (including phenoxy) is 1. The number of hydrogen-bond donors (Lipinski definition) is 1. The van der Waals surface area contributed by atoms with Gasteiger partial charge in [-0.2, -0.15) is 0 Å². The zero-order valence-corrected chi connectivity index (χ0v) is 11.2. The molecular weight excluding hydrogens is 244 g/mol. The maximum Gasteiger partial charge on any atom is 0.311 e. The van der Waals surface area contributed by atoms with Gasteiger partial charge in [0.05, 0.1) is 12.5 Å². The second kappa shape index (κ2) is 5.30. The van der Waals surface area contributed by atoms with Gasteiger partial charge >= 0.3 is 5.97 Å². The van der Waals surface area contributed by atoms with Crippen LogP contribution < -0.4 is 10.6 Å². The number of anilines is 2. The van der Waals surface area contributed by atoms with Crippen LogP contribution in [0.1, 0.15) is 18.9 Å². The van der Waals surface area contributed by atoms with Gasteiger partial charge in [0.15, 0.2) is 0 Å². The molecular formula is C14H18N2O3. The Morgan fingerprint density at radius 2 is 2.26 bits per heavy atom. The van der Waals surface area contributed by atoms with Crippen LogP contribution in [0.15, 0.2) is 18.2 Å². The second-order valence-corrected chi connectivity index (χ2v) is 4.70. The molecule has 1 aromatic rings. The number of amides is 1. The number of benzene rings is 1. The van der Waals surface area contributed by atoms with Crippen LogP contribution in [-0.4, -0.2) is 25.0 Å². The molecule has 1 aromatic carbocycles. The predicted octanol–water partition coefficient (Wildman–Crippen LogP) is 1.49. The van der Waals surface area contributed by atoms with Crippen molar-refractivity contribution in [2.45, 2.75) is 20.3 Å². The molecule has 0 radical (unpaired) electrons. The molecule has 5 heteroatoms. The molecule has 1 aliphatic rings. The van der Waals surface area contributed by atoms with E-state index in [9.17, 15) is 9.59 Å². The van der Waals surface area contributed by atoms with Gasteiger partial charge in [-0.3, -0.25) is 9.59 Å². The molecule has 1 atom stereocenters. The normalized spacial score (nSPS) is 18.7. The number of aryl methyl sites for hydroxylation is 1. The number of carbonyl (C=O) groups excluding carboxylic acids is 2. The smallest absolute Gasteiger partial charge is 0.311 e. The number of hydrogen-bond acceptors (Lipinski definition) is 4. The molecule has 1 fully saturated rings. The van der Waals surface area contributed by atoms with E-state index < -0.39 is 0 Å². The summed E-state index contributed by atoms with van der Waals surface area (Å²) in [5, 5.41) is 0. The molecule has 1 heterocycles. The Bertz CT molecular complexity index is 513. The minimum absolute atomic E-state index is 0.0632. The number of rotatable bonds is 3. The minimum Gasteiger partial charge on any atom is -0.466 e. The van der Waals surface area contributed by atoms with E-state index in [1.54, 1.807) is 24.0 Å². The van der Waals surface area contributed by atoms with Crippen LogP contribution in [0.2, 0.25) is 0 Å². The van der Waals surface area contributed by atoms with Gasteiger partial charge in [-0.15, -0.1) is 0 Å². The van der Waals surface area contributed by atoms with Crippen molar-refractivity contribution in [3.63, 3.8) is 0 Å². The molecule has 1 aliphatic heterocycles. The highest BCUT2D eigenvalue weighted by atomic mass is 16.5. The fraction of sp³-hybridized carbons (Fsp3) is 0.429. The average Bonchev–Trinajstić information content (AvgIpc) is 2.75. The maximum atomic E-state index is 12.0. The average molecular weight is 262 g/mol. The van der Waals surface area contributed by atoms with E-state index in [0.717, 1.165) is 11.3 Å². The summed E-state index contributed by atoms with van der Waals surface area (Å²) in [6.07, 6.45) is 0.201. The Kier molecular flexibility index (Phi) is 3.74. The fourth-order valence-electron chi connectivity index (χ4n) is 2.28. The number of carbonyl (C=O) groups is 2. The van der Waals surface area contributed by atoms with Gasteiger partial charge in [-0.25, -0.2) is 0 Å². The molecule has 0 saturated carbocycles. The van der Waals surface area contributed by atoms with Gasteiger partial charge in [0.25, 0.3) is 0 Å². The molecule has 0 aromatic heterocycles. The highest BCUT2D eigenvalue weighted by Gasteiger charge is 2.36. The van der Waals surface area contributed by atoms with Crippen molar-refractivity contribution in [1.29, 1.82) is 0 Å². The summed E-state index contributed by atoms with van der Waals surface area (Å²) in [6, 6.07) is 5.43. The first kappa shape index (κ1) is 13.4. The van der Waals surface area contributed by atoms with Crippen LogP contribution in [0.25, 0.3) is 0 Å². The number of esters is 1. The lowest BCUT2D eigenvalue weighted by molar-refractivity contribution is -0.147. The zero-order valence-electron chi connectivity index (χ0n) is 11.2. The van der Waals surface area contributed by atoms with E-state index in [0.29, 0.717) is 18.8 Å². The molecule has 0 aliphatic carbocycles. The van der Waals surface area contributed by atoms with Crippen molar-refractivity contribution >= 4 is 23.3 Å². The van der Waals surface area contributed by atoms with Crippen LogP contribution in [0.4, 0.5) is 11.4 Å². The first-order chi connectivity index (χ1) is 9.02. The Morgan fingerprint density at radius 1 is 1.53 bits per heavy atom. The number of nitrogen functional groups attached to an aromatic ring is 1. The van der Waals surface area contributed by atoms with Crippen LogP contribution in [0.3, 0.4) is 0 Å². The molecule has 5 nitrogen and oxygen atoms in total. The summed E-state index contributed by atoms with van der Waals surface area (Å²) < 4.78 is 4.97. The van der Waals surface area contributed by atoms with Gasteiger partial charge in [0.1, 0.15) is 0 Å². The van der Waals surface area contributed by atoms with Gasteiger partial charge in [-0.1, -0.05) is 6.07 Å². The van der Waals surface area contributed by atoms with E-state index in [4.69, 9.17) is 10.5 Å². The highest BCUT2D eigenvalue weighted by Crippen LogP contribution is 2.29. The van der Waals surface area contributed by atoms with Crippen molar-refractivity contribution in [1.82, 2.24) is 0 Å². The van der Waals surface area contributed by atoms with E-state index >= 15 is 0 Å². The van der Waals surface area contributed by atoms with Gasteiger partial charge in [0, 0.05) is 24.3 Å². The standard InChI is InChI=1S/C14H18N2O3/c1-3-19-14(18)10-6-13(17)16(8-10)12-7-11(15)5-4-9(12)2/h4-5,7,10H,3,6,8,15H2,1-2H3/t10-/m0/s1. The number of nitrogens with two attached hydrogens (primary N) is 1. The summed E-state index contributed by atoms with van der Waals surface area (Å²) in [4.78, 5) is 25.3. The predicted molar refractivity (Wildman–Crippen MR) is 72.7 cm³/mol. The molecule has 0 unspecified atom stereocenters. The Balaban J connectivity index is 2.20. The first-order valence-electron chi connectivity index (χ1n) is 6.36. The van der Waals surface area contributed by atoms with Gasteiger partial charge in [0.2, 0.25) is 5.91 Å². The third-order valence-corrected chi connectivity index (χ3v) is 3.27. The van der Waals surface area contributed by atoms with Crippen molar-refractivity contribution in [3.8, 4) is 0 Å². The summed E-state index contributed by atoms with van der Waals surface area (Å²) in [5.74, 6) is -0.750. The lowest BCUT2D eigenvalue weighted by atomic mass is 10.1. The molecule has 19 heavy (non-hydrogen) atoms.